The van der Waals surface area contributed by atoms with E-state index in [0.29, 0.717) is 19.7 Å². The number of rotatable bonds is 19. The van der Waals surface area contributed by atoms with E-state index < -0.39 is 16.6 Å². The molecule has 0 aliphatic rings. The molecule has 0 spiro atoms. The Hall–Kier alpha value is -1.18. The van der Waals surface area contributed by atoms with Gasteiger partial charge >= 0.3 is 5.97 Å². The molecule has 7 nitrogen and oxygen atoms in total. The maximum atomic E-state index is 13.0. The monoisotopic (exact) mass is 572 g/mol. The van der Waals surface area contributed by atoms with Gasteiger partial charge in [0.05, 0.1) is 50.0 Å². The molecule has 40 heavy (non-hydrogen) atoms. The summed E-state index contributed by atoms with van der Waals surface area (Å²) in [5.74, 6) is -0.0116. The molecular weight excluding hydrogens is 506 g/mol. The van der Waals surface area contributed by atoms with E-state index in [1.54, 1.807) is 0 Å². The maximum Gasteiger partial charge on any atom is 0.312 e. The smallest absolute Gasteiger partial charge is 0.312 e. The van der Waals surface area contributed by atoms with Crippen LogP contribution < -0.4 is 4.90 Å². The van der Waals surface area contributed by atoms with Gasteiger partial charge in [-0.1, -0.05) is 34.6 Å². The number of carbonyl (C=O) groups excluding carboxylic acids is 2. The molecule has 0 bridgehead atoms. The first-order valence-corrected chi connectivity index (χ1v) is 15.2. The van der Waals surface area contributed by atoms with E-state index in [9.17, 15) is 9.59 Å². The van der Waals surface area contributed by atoms with Gasteiger partial charge in [0.25, 0.3) is 6.47 Å². The highest BCUT2D eigenvalue weighted by Gasteiger charge is 2.39. The van der Waals surface area contributed by atoms with Crippen molar-refractivity contribution in [3.63, 3.8) is 0 Å². The molecule has 0 aromatic heterocycles. The van der Waals surface area contributed by atoms with Crippen LogP contribution in [-0.2, 0) is 28.5 Å². The fourth-order valence-electron chi connectivity index (χ4n) is 4.52. The van der Waals surface area contributed by atoms with Crippen LogP contribution in [0.15, 0.2) is 0 Å². The Morgan fingerprint density at radius 3 is 1.50 bits per heavy atom. The summed E-state index contributed by atoms with van der Waals surface area (Å²) in [5, 5.41) is 0. The molecule has 0 aliphatic carbocycles. The fourth-order valence-corrected chi connectivity index (χ4v) is 4.52. The van der Waals surface area contributed by atoms with Crippen molar-refractivity contribution in [3.05, 3.63) is 0 Å². The number of hydrogen-bond donors (Lipinski definition) is 1. The minimum Gasteiger partial charge on any atom is -0.462 e. The lowest BCUT2D eigenvalue weighted by molar-refractivity contribution is -0.881. The summed E-state index contributed by atoms with van der Waals surface area (Å²) in [6.07, 6.45) is 2.60. The molecule has 0 saturated carbocycles. The van der Waals surface area contributed by atoms with E-state index in [4.69, 9.17) is 18.9 Å². The molecule has 0 aliphatic heterocycles. The second kappa shape index (κ2) is 14.8. The van der Waals surface area contributed by atoms with Crippen molar-refractivity contribution in [3.8, 4) is 0 Å². The predicted molar refractivity (Wildman–Crippen MR) is 163 cm³/mol. The fraction of sp³-hybridized carbons (Fsp3) is 0.939. The topological polar surface area (TPSA) is 75.5 Å². The first-order chi connectivity index (χ1) is 17.8. The predicted octanol–water partition coefficient (Wildman–Crippen LogP) is 5.88. The molecule has 238 valence electrons. The Bertz CT molecular complexity index is 778. The van der Waals surface area contributed by atoms with Gasteiger partial charge in [-0.15, -0.1) is 0 Å². The van der Waals surface area contributed by atoms with Crippen LogP contribution in [0.3, 0.4) is 0 Å². The van der Waals surface area contributed by atoms with Crippen molar-refractivity contribution in [2.24, 2.45) is 22.7 Å². The Morgan fingerprint density at radius 2 is 1.12 bits per heavy atom. The van der Waals surface area contributed by atoms with E-state index in [-0.39, 0.29) is 34.4 Å². The van der Waals surface area contributed by atoms with E-state index in [1.165, 1.54) is 4.90 Å². The molecule has 0 rings (SSSR count). The zero-order valence-corrected chi connectivity index (χ0v) is 29.1. The number of carbonyl (C=O) groups is 2. The van der Waals surface area contributed by atoms with E-state index in [2.05, 4.69) is 62.4 Å². The number of nitrogens with one attached hydrogen (secondary N) is 1. The lowest BCUT2D eigenvalue weighted by atomic mass is 9.76. The van der Waals surface area contributed by atoms with E-state index in [1.807, 2.05) is 48.5 Å². The van der Waals surface area contributed by atoms with Gasteiger partial charge < -0.3 is 23.8 Å². The van der Waals surface area contributed by atoms with Crippen LogP contribution >= 0.6 is 0 Å². The molecule has 0 saturated heterocycles. The highest BCUT2D eigenvalue weighted by atomic mass is 16.6. The van der Waals surface area contributed by atoms with Gasteiger partial charge in [-0.3, -0.25) is 9.59 Å². The van der Waals surface area contributed by atoms with Crippen LogP contribution in [0, 0.1) is 22.7 Å². The van der Waals surface area contributed by atoms with Crippen molar-refractivity contribution in [2.45, 2.75) is 146 Å². The van der Waals surface area contributed by atoms with Gasteiger partial charge in [-0.2, -0.15) is 0 Å². The normalized spacial score (nSPS) is 16.3. The van der Waals surface area contributed by atoms with Crippen molar-refractivity contribution < 1.29 is 33.4 Å². The summed E-state index contributed by atoms with van der Waals surface area (Å²) in [7, 11) is 2.21. The van der Waals surface area contributed by atoms with Crippen LogP contribution in [-0.4, -0.2) is 68.2 Å². The molecule has 3 atom stereocenters. The highest BCUT2D eigenvalue weighted by molar-refractivity contribution is 5.76. The van der Waals surface area contributed by atoms with Gasteiger partial charge in [0.1, 0.15) is 11.2 Å². The summed E-state index contributed by atoms with van der Waals surface area (Å²) >= 11 is 0. The average molecular weight is 573 g/mol. The minimum absolute atomic E-state index is 0.0478. The highest BCUT2D eigenvalue weighted by Crippen LogP contribution is 2.36. The largest absolute Gasteiger partial charge is 0.462 e. The number of ether oxygens (including phenoxy) is 4. The van der Waals surface area contributed by atoms with Crippen molar-refractivity contribution in [2.75, 3.05) is 33.4 Å². The SMILES string of the molecule is CC(COC(C)(C)CC[NH+](C)CCC(C)(C)OCC(C)C(C)(C)OC(=O)C(C)(C)CC(C)(C)C)C(C)(C)OC=O. The lowest BCUT2D eigenvalue weighted by Crippen LogP contribution is -3.09. The number of hydrogen-bond acceptors (Lipinski definition) is 6. The number of quaternary nitrogens is 1. The zero-order chi connectivity index (χ0) is 31.8. The summed E-state index contributed by atoms with van der Waals surface area (Å²) in [5.41, 5.74) is -2.22. The molecule has 0 amide bonds. The third kappa shape index (κ3) is 15.2. The summed E-state index contributed by atoms with van der Waals surface area (Å²) < 4.78 is 23.9. The lowest BCUT2D eigenvalue weighted by Gasteiger charge is -2.38. The van der Waals surface area contributed by atoms with E-state index in [0.717, 1.165) is 32.4 Å². The Morgan fingerprint density at radius 1 is 0.725 bits per heavy atom. The standard InChI is InChI=1S/C33H65NO6/c1-25(32(12,13)39-24-35)21-37-30(8,9)17-19-34(16)20-18-31(10,11)38-22-26(2)33(14,15)40-27(36)29(6,7)23-28(3,4)5/h24-26H,17-23H2,1-16H3/p+1. The third-order valence-electron chi connectivity index (χ3n) is 8.36. The second-order valence-corrected chi connectivity index (χ2v) is 16.3. The van der Waals surface area contributed by atoms with Crippen molar-refractivity contribution in [1.29, 1.82) is 0 Å². The maximum absolute atomic E-state index is 13.0. The van der Waals surface area contributed by atoms with Crippen LogP contribution in [0.25, 0.3) is 0 Å². The van der Waals surface area contributed by atoms with Gasteiger partial charge in [-0.05, 0) is 81.1 Å². The molecule has 0 fully saturated rings. The molecule has 0 radical (unpaired) electrons. The van der Waals surface area contributed by atoms with Crippen molar-refractivity contribution in [1.82, 2.24) is 0 Å². The first kappa shape index (κ1) is 38.8. The molecule has 0 heterocycles. The number of esters is 1. The Kier molecular flexibility index (Phi) is 14.4. The van der Waals surface area contributed by atoms with Gasteiger partial charge in [0.15, 0.2) is 0 Å². The molecule has 3 unspecified atom stereocenters. The average Bonchev–Trinajstić information content (AvgIpc) is 2.76. The zero-order valence-electron chi connectivity index (χ0n) is 29.1. The van der Waals surface area contributed by atoms with Gasteiger partial charge in [-0.25, -0.2) is 0 Å². The summed E-state index contributed by atoms with van der Waals surface area (Å²) in [6.45, 7) is 34.3. The second-order valence-electron chi connectivity index (χ2n) is 16.3. The molecular formula is C33H66NO6+. The van der Waals surface area contributed by atoms with Crippen LogP contribution in [0.2, 0.25) is 0 Å². The van der Waals surface area contributed by atoms with Crippen LogP contribution in [0.4, 0.5) is 0 Å². The summed E-state index contributed by atoms with van der Waals surface area (Å²) in [6, 6.07) is 0. The quantitative estimate of drug-likeness (QED) is 0.154. The van der Waals surface area contributed by atoms with Crippen LogP contribution in [0.1, 0.15) is 123 Å². The third-order valence-corrected chi connectivity index (χ3v) is 8.36. The van der Waals surface area contributed by atoms with Crippen LogP contribution in [0.5, 0.6) is 0 Å². The molecule has 1 N–H and O–H groups in total. The molecule has 7 heteroatoms. The van der Waals surface area contributed by atoms with Gasteiger partial charge in [0, 0.05) is 24.7 Å². The van der Waals surface area contributed by atoms with Crippen molar-refractivity contribution >= 4 is 12.4 Å². The summed E-state index contributed by atoms with van der Waals surface area (Å²) in [4.78, 5) is 25.2. The first-order valence-electron chi connectivity index (χ1n) is 15.2. The molecule has 0 aromatic carbocycles. The molecule has 0 aromatic rings. The Labute approximate surface area is 247 Å². The van der Waals surface area contributed by atoms with E-state index >= 15 is 0 Å². The Balaban J connectivity index is 4.71. The van der Waals surface area contributed by atoms with Gasteiger partial charge in [0.2, 0.25) is 0 Å². The minimum atomic E-state index is -0.623.